The molecule has 0 saturated carbocycles. The molecular formula is C11H14N4O. The van der Waals surface area contributed by atoms with Gasteiger partial charge in [0, 0.05) is 6.07 Å². The van der Waals surface area contributed by atoms with E-state index in [0.717, 1.165) is 11.4 Å². The molecule has 0 aliphatic rings. The van der Waals surface area contributed by atoms with E-state index in [1.807, 2.05) is 32.0 Å². The van der Waals surface area contributed by atoms with E-state index in [1.165, 1.54) is 0 Å². The third-order valence-electron chi connectivity index (χ3n) is 1.95. The molecule has 2 aromatic rings. The van der Waals surface area contributed by atoms with Gasteiger partial charge in [-0.15, -0.1) is 0 Å². The topological polar surface area (TPSA) is 76.8 Å². The summed E-state index contributed by atoms with van der Waals surface area (Å²) in [4.78, 5) is 11.2. The van der Waals surface area contributed by atoms with Crippen LogP contribution in [0.2, 0.25) is 0 Å². The fraction of sp³-hybridized carbons (Fsp3) is 0.273. The third kappa shape index (κ3) is 2.31. The van der Waals surface area contributed by atoms with Crippen molar-refractivity contribution in [1.29, 1.82) is 0 Å². The number of imidazole rings is 1. The molecule has 0 saturated heterocycles. The van der Waals surface area contributed by atoms with E-state index in [1.54, 1.807) is 6.20 Å². The Labute approximate surface area is 93.7 Å². The maximum atomic E-state index is 5.51. The summed E-state index contributed by atoms with van der Waals surface area (Å²) >= 11 is 0. The number of anilines is 1. The summed E-state index contributed by atoms with van der Waals surface area (Å²) in [6.07, 6.45) is 1.76. The number of pyridine rings is 1. The zero-order valence-electron chi connectivity index (χ0n) is 9.27. The van der Waals surface area contributed by atoms with Crippen LogP contribution in [0.3, 0.4) is 0 Å². The van der Waals surface area contributed by atoms with E-state index in [4.69, 9.17) is 10.5 Å². The number of nitrogen functional groups attached to an aromatic ring is 1. The van der Waals surface area contributed by atoms with Crippen LogP contribution in [-0.4, -0.2) is 21.1 Å². The van der Waals surface area contributed by atoms with E-state index in [9.17, 15) is 0 Å². The number of rotatable bonds is 3. The highest BCUT2D eigenvalue weighted by atomic mass is 16.5. The molecule has 2 rings (SSSR count). The minimum atomic E-state index is 0.106. The fourth-order valence-electron chi connectivity index (χ4n) is 1.34. The van der Waals surface area contributed by atoms with Crippen molar-refractivity contribution in [3.63, 3.8) is 0 Å². The Morgan fingerprint density at radius 3 is 2.81 bits per heavy atom. The van der Waals surface area contributed by atoms with E-state index in [-0.39, 0.29) is 6.10 Å². The van der Waals surface area contributed by atoms with Gasteiger partial charge in [0.1, 0.15) is 0 Å². The van der Waals surface area contributed by atoms with Crippen LogP contribution in [0, 0.1) is 0 Å². The van der Waals surface area contributed by atoms with Gasteiger partial charge in [0.25, 0.3) is 0 Å². The predicted octanol–water partition coefficient (Wildman–Crippen LogP) is 1.84. The highest BCUT2D eigenvalue weighted by molar-refractivity contribution is 5.55. The maximum absolute atomic E-state index is 5.51. The van der Waals surface area contributed by atoms with Crippen LogP contribution in [0.25, 0.3) is 11.4 Å². The van der Waals surface area contributed by atoms with Crippen LogP contribution in [0.15, 0.2) is 24.4 Å². The van der Waals surface area contributed by atoms with Gasteiger partial charge in [-0.05, 0) is 19.9 Å². The number of nitrogens with one attached hydrogen (secondary N) is 1. The fourth-order valence-corrected chi connectivity index (χ4v) is 1.34. The Bertz CT molecular complexity index is 478. The van der Waals surface area contributed by atoms with Crippen LogP contribution >= 0.6 is 0 Å². The lowest BCUT2D eigenvalue weighted by Gasteiger charge is -2.08. The van der Waals surface area contributed by atoms with Crippen molar-refractivity contribution < 1.29 is 4.74 Å². The lowest BCUT2D eigenvalue weighted by Crippen LogP contribution is -2.06. The number of hydrogen-bond acceptors (Lipinski definition) is 4. The van der Waals surface area contributed by atoms with E-state index in [2.05, 4.69) is 15.0 Å². The Kier molecular flexibility index (Phi) is 2.76. The molecule has 0 aliphatic heterocycles. The molecule has 84 valence electrons. The Morgan fingerprint density at radius 2 is 2.19 bits per heavy atom. The number of H-pyrrole nitrogens is 1. The monoisotopic (exact) mass is 218 g/mol. The highest BCUT2D eigenvalue weighted by Gasteiger charge is 2.05. The number of hydrogen-bond donors (Lipinski definition) is 2. The first-order valence-corrected chi connectivity index (χ1v) is 5.09. The Hall–Kier alpha value is -2.04. The molecule has 5 heteroatoms. The first-order chi connectivity index (χ1) is 7.65. The van der Waals surface area contributed by atoms with Crippen LogP contribution in [-0.2, 0) is 0 Å². The molecule has 0 bridgehead atoms. The lowest BCUT2D eigenvalue weighted by atomic mass is 10.3. The van der Waals surface area contributed by atoms with E-state index >= 15 is 0 Å². The summed E-state index contributed by atoms with van der Waals surface area (Å²) in [5, 5.41) is 0. The standard InChI is InChI=1S/C11H14N4O/c1-7(2)16-10-5-3-4-8(14-10)9-6-13-11(12)15-9/h3-7H,1-2H3,(H3,12,13,15). The van der Waals surface area contributed by atoms with Crippen LogP contribution in [0.1, 0.15) is 13.8 Å². The van der Waals surface area contributed by atoms with Crippen LogP contribution < -0.4 is 10.5 Å². The van der Waals surface area contributed by atoms with Gasteiger partial charge in [0.15, 0.2) is 5.95 Å². The van der Waals surface area contributed by atoms with Crippen LogP contribution in [0.5, 0.6) is 5.88 Å². The van der Waals surface area contributed by atoms with E-state index < -0.39 is 0 Å². The third-order valence-corrected chi connectivity index (χ3v) is 1.95. The molecule has 2 aromatic heterocycles. The molecule has 0 aliphatic carbocycles. The molecule has 0 unspecified atom stereocenters. The molecule has 2 heterocycles. The Morgan fingerprint density at radius 1 is 1.38 bits per heavy atom. The zero-order chi connectivity index (χ0) is 11.5. The molecule has 0 atom stereocenters. The second kappa shape index (κ2) is 4.22. The second-order valence-electron chi connectivity index (χ2n) is 3.71. The molecule has 0 spiro atoms. The van der Waals surface area contributed by atoms with Crippen LogP contribution in [0.4, 0.5) is 5.95 Å². The van der Waals surface area contributed by atoms with Crippen molar-refractivity contribution in [3.8, 4) is 17.3 Å². The number of nitrogens with zero attached hydrogens (tertiary/aromatic N) is 2. The molecule has 0 aromatic carbocycles. The van der Waals surface area contributed by atoms with E-state index in [0.29, 0.717) is 11.8 Å². The van der Waals surface area contributed by atoms with Gasteiger partial charge in [-0.1, -0.05) is 6.07 Å². The predicted molar refractivity (Wildman–Crippen MR) is 62.0 cm³/mol. The summed E-state index contributed by atoms with van der Waals surface area (Å²) in [6, 6.07) is 5.58. The summed E-state index contributed by atoms with van der Waals surface area (Å²) in [5.41, 5.74) is 7.06. The molecule has 3 N–H and O–H groups in total. The average molecular weight is 218 g/mol. The number of nitrogens with two attached hydrogens (primary N) is 1. The second-order valence-corrected chi connectivity index (χ2v) is 3.71. The van der Waals surface area contributed by atoms with Gasteiger partial charge in [-0.3, -0.25) is 0 Å². The smallest absolute Gasteiger partial charge is 0.214 e. The van der Waals surface area contributed by atoms with Gasteiger partial charge < -0.3 is 15.5 Å². The molecular weight excluding hydrogens is 204 g/mol. The van der Waals surface area contributed by atoms with Gasteiger partial charge in [0.05, 0.1) is 23.7 Å². The Balaban J connectivity index is 2.28. The SMILES string of the molecule is CC(C)Oc1cccc(-c2cnc(N)[nH]2)n1. The number of ether oxygens (including phenoxy) is 1. The van der Waals surface area contributed by atoms with Gasteiger partial charge in [0.2, 0.25) is 5.88 Å². The number of aromatic nitrogens is 3. The quantitative estimate of drug-likeness (QED) is 0.824. The van der Waals surface area contributed by atoms with Crippen molar-refractivity contribution in [2.24, 2.45) is 0 Å². The summed E-state index contributed by atoms with van der Waals surface area (Å²) in [6.45, 7) is 3.92. The summed E-state index contributed by atoms with van der Waals surface area (Å²) in [5.74, 6) is 0.979. The zero-order valence-corrected chi connectivity index (χ0v) is 9.27. The van der Waals surface area contributed by atoms with Crippen molar-refractivity contribution in [3.05, 3.63) is 24.4 Å². The van der Waals surface area contributed by atoms with Crippen molar-refractivity contribution in [2.45, 2.75) is 20.0 Å². The maximum Gasteiger partial charge on any atom is 0.214 e. The molecule has 0 amide bonds. The first kappa shape index (κ1) is 10.5. The van der Waals surface area contributed by atoms with Crippen molar-refractivity contribution in [1.82, 2.24) is 15.0 Å². The lowest BCUT2D eigenvalue weighted by molar-refractivity contribution is 0.233. The molecule has 5 nitrogen and oxygen atoms in total. The molecule has 0 fully saturated rings. The van der Waals surface area contributed by atoms with Gasteiger partial charge >= 0.3 is 0 Å². The summed E-state index contributed by atoms with van der Waals surface area (Å²) < 4.78 is 5.51. The normalized spacial score (nSPS) is 10.7. The minimum Gasteiger partial charge on any atom is -0.475 e. The highest BCUT2D eigenvalue weighted by Crippen LogP contribution is 2.18. The minimum absolute atomic E-state index is 0.106. The van der Waals surface area contributed by atoms with Crippen molar-refractivity contribution >= 4 is 5.95 Å². The molecule has 16 heavy (non-hydrogen) atoms. The summed E-state index contributed by atoms with van der Waals surface area (Å²) in [7, 11) is 0. The average Bonchev–Trinajstić information content (AvgIpc) is 2.64. The van der Waals surface area contributed by atoms with Gasteiger partial charge in [-0.25, -0.2) is 9.97 Å². The van der Waals surface area contributed by atoms with Gasteiger partial charge in [-0.2, -0.15) is 0 Å². The first-order valence-electron chi connectivity index (χ1n) is 5.09. The largest absolute Gasteiger partial charge is 0.475 e. The molecule has 0 radical (unpaired) electrons. The van der Waals surface area contributed by atoms with Crippen molar-refractivity contribution in [2.75, 3.05) is 5.73 Å². The number of aromatic amines is 1.